The van der Waals surface area contributed by atoms with Crippen molar-refractivity contribution in [3.63, 3.8) is 0 Å². The van der Waals surface area contributed by atoms with Gasteiger partial charge in [-0.2, -0.15) is 0 Å². The first-order chi connectivity index (χ1) is 12.5. The molecule has 1 unspecified atom stereocenters. The molecule has 0 aliphatic carbocycles. The van der Waals surface area contributed by atoms with E-state index in [9.17, 15) is 14.7 Å². The zero-order chi connectivity index (χ0) is 18.7. The van der Waals surface area contributed by atoms with Crippen molar-refractivity contribution in [2.24, 2.45) is 0 Å². The number of likely N-dealkylation sites (tertiary alicyclic amines) is 1. The number of pyridine rings is 1. The molecular weight excluding hydrogens is 400 g/mol. The van der Waals surface area contributed by atoms with Gasteiger partial charge in [-0.05, 0) is 29.8 Å². The van der Waals surface area contributed by atoms with E-state index in [4.69, 9.17) is 4.74 Å². The van der Waals surface area contributed by atoms with Crippen LogP contribution < -0.4 is 0 Å². The maximum atomic E-state index is 12.7. The molecule has 1 saturated heterocycles. The third-order valence-corrected chi connectivity index (χ3v) is 4.74. The lowest BCUT2D eigenvalue weighted by Gasteiger charge is -2.24. The van der Waals surface area contributed by atoms with Gasteiger partial charge in [-0.1, -0.05) is 28.1 Å². The molecule has 0 radical (unpaired) electrons. The van der Waals surface area contributed by atoms with Gasteiger partial charge in [0, 0.05) is 36.1 Å². The number of halogens is 1. The van der Waals surface area contributed by atoms with E-state index in [1.807, 2.05) is 0 Å². The number of amides is 1. The number of carbonyl (C=O) groups excluding carboxylic acids is 2. The SMILES string of the molecule is COCCN1C(=O)C(=O)/C(=C(\O)c2ccc(Br)cc2)C1c1ccncc1. The van der Waals surface area contributed by atoms with E-state index in [1.165, 1.54) is 12.0 Å². The molecular formula is C19H17BrN2O4. The molecule has 1 aliphatic heterocycles. The zero-order valence-corrected chi connectivity index (χ0v) is 15.6. The first-order valence-electron chi connectivity index (χ1n) is 7.97. The molecule has 1 aromatic carbocycles. The Bertz CT molecular complexity index is 850. The number of hydrogen-bond acceptors (Lipinski definition) is 5. The van der Waals surface area contributed by atoms with Crippen LogP contribution in [-0.4, -0.2) is 46.9 Å². The van der Waals surface area contributed by atoms with Crippen LogP contribution in [0.15, 0.2) is 58.8 Å². The normalized spacial score (nSPS) is 19.2. The molecule has 26 heavy (non-hydrogen) atoms. The van der Waals surface area contributed by atoms with Gasteiger partial charge in [0.15, 0.2) is 0 Å². The molecule has 1 fully saturated rings. The first-order valence-corrected chi connectivity index (χ1v) is 8.77. The van der Waals surface area contributed by atoms with Crippen molar-refractivity contribution in [3.8, 4) is 0 Å². The number of aromatic nitrogens is 1. The highest BCUT2D eigenvalue weighted by molar-refractivity contribution is 9.10. The van der Waals surface area contributed by atoms with E-state index < -0.39 is 17.7 Å². The Morgan fingerprint density at radius 2 is 1.85 bits per heavy atom. The quantitative estimate of drug-likeness (QED) is 0.460. The molecule has 6 nitrogen and oxygen atoms in total. The Kier molecular flexibility index (Phi) is 5.49. The fourth-order valence-corrected chi connectivity index (χ4v) is 3.22. The summed E-state index contributed by atoms with van der Waals surface area (Å²) in [5, 5.41) is 10.8. The molecule has 2 heterocycles. The van der Waals surface area contributed by atoms with E-state index in [-0.39, 0.29) is 24.5 Å². The van der Waals surface area contributed by atoms with Crippen LogP contribution in [-0.2, 0) is 14.3 Å². The van der Waals surface area contributed by atoms with Crippen LogP contribution in [0.5, 0.6) is 0 Å². The number of methoxy groups -OCH3 is 1. The lowest BCUT2D eigenvalue weighted by molar-refractivity contribution is -0.140. The Labute approximate surface area is 159 Å². The van der Waals surface area contributed by atoms with Crippen LogP contribution in [0, 0.1) is 0 Å². The van der Waals surface area contributed by atoms with E-state index in [1.54, 1.807) is 48.8 Å². The smallest absolute Gasteiger partial charge is 0.295 e. The fraction of sp³-hybridized carbons (Fsp3) is 0.211. The molecule has 2 aromatic rings. The second-order valence-electron chi connectivity index (χ2n) is 5.77. The minimum absolute atomic E-state index is 0.0691. The number of rotatable bonds is 5. The summed E-state index contributed by atoms with van der Waals surface area (Å²) >= 11 is 3.34. The summed E-state index contributed by atoms with van der Waals surface area (Å²) in [6.07, 6.45) is 3.18. The van der Waals surface area contributed by atoms with Gasteiger partial charge in [-0.3, -0.25) is 14.6 Å². The van der Waals surface area contributed by atoms with Gasteiger partial charge in [-0.25, -0.2) is 0 Å². The minimum atomic E-state index is -0.705. The van der Waals surface area contributed by atoms with Crippen molar-refractivity contribution in [2.45, 2.75) is 6.04 Å². The molecule has 7 heteroatoms. The Morgan fingerprint density at radius 3 is 2.46 bits per heavy atom. The summed E-state index contributed by atoms with van der Waals surface area (Å²) in [6.45, 7) is 0.526. The number of aliphatic hydroxyl groups excluding tert-OH is 1. The number of nitrogens with zero attached hydrogens (tertiary/aromatic N) is 2. The summed E-state index contributed by atoms with van der Waals surface area (Å²) in [7, 11) is 1.53. The average Bonchev–Trinajstić information content (AvgIpc) is 2.91. The van der Waals surface area contributed by atoms with Gasteiger partial charge in [0.1, 0.15) is 5.76 Å². The Morgan fingerprint density at radius 1 is 1.19 bits per heavy atom. The van der Waals surface area contributed by atoms with E-state index in [0.29, 0.717) is 11.1 Å². The number of ketones is 1. The van der Waals surface area contributed by atoms with Gasteiger partial charge >= 0.3 is 0 Å². The van der Waals surface area contributed by atoms with Crippen LogP contribution in [0.25, 0.3) is 5.76 Å². The van der Waals surface area contributed by atoms with E-state index in [0.717, 1.165) is 4.47 Å². The summed E-state index contributed by atoms with van der Waals surface area (Å²) in [5.74, 6) is -1.55. The molecule has 1 aliphatic rings. The molecule has 1 N–H and O–H groups in total. The molecule has 0 spiro atoms. The maximum Gasteiger partial charge on any atom is 0.295 e. The van der Waals surface area contributed by atoms with Crippen molar-refractivity contribution < 1.29 is 19.4 Å². The predicted molar refractivity (Wildman–Crippen MR) is 99.3 cm³/mol. The number of hydrogen-bond donors (Lipinski definition) is 1. The molecule has 134 valence electrons. The number of aliphatic hydroxyl groups is 1. The predicted octanol–water partition coefficient (Wildman–Crippen LogP) is 2.91. The zero-order valence-electron chi connectivity index (χ0n) is 14.1. The first kappa shape index (κ1) is 18.3. The van der Waals surface area contributed by atoms with Crippen LogP contribution in [0.4, 0.5) is 0 Å². The Balaban J connectivity index is 2.14. The lowest BCUT2D eigenvalue weighted by Crippen LogP contribution is -2.32. The number of benzene rings is 1. The number of ether oxygens (including phenoxy) is 1. The third-order valence-electron chi connectivity index (χ3n) is 4.22. The van der Waals surface area contributed by atoms with E-state index >= 15 is 0 Å². The average molecular weight is 417 g/mol. The highest BCUT2D eigenvalue weighted by Crippen LogP contribution is 2.39. The van der Waals surface area contributed by atoms with Crippen molar-refractivity contribution >= 4 is 33.4 Å². The highest BCUT2D eigenvalue weighted by atomic mass is 79.9. The molecule has 1 aromatic heterocycles. The van der Waals surface area contributed by atoms with Gasteiger partial charge in [-0.15, -0.1) is 0 Å². The summed E-state index contributed by atoms with van der Waals surface area (Å²) in [5.41, 5.74) is 1.24. The largest absolute Gasteiger partial charge is 0.507 e. The number of carbonyl (C=O) groups is 2. The van der Waals surface area contributed by atoms with Crippen molar-refractivity contribution in [2.75, 3.05) is 20.3 Å². The second-order valence-corrected chi connectivity index (χ2v) is 6.69. The lowest BCUT2D eigenvalue weighted by atomic mass is 9.96. The third kappa shape index (κ3) is 3.40. The highest BCUT2D eigenvalue weighted by Gasteiger charge is 2.45. The molecule has 0 bridgehead atoms. The molecule has 1 amide bonds. The molecule has 0 saturated carbocycles. The minimum Gasteiger partial charge on any atom is -0.507 e. The van der Waals surface area contributed by atoms with Crippen LogP contribution >= 0.6 is 15.9 Å². The van der Waals surface area contributed by atoms with Gasteiger partial charge < -0.3 is 14.7 Å². The van der Waals surface area contributed by atoms with Crippen molar-refractivity contribution in [1.82, 2.24) is 9.88 Å². The molecule has 1 atom stereocenters. The standard InChI is InChI=1S/C19H17BrN2O4/c1-26-11-10-22-16(12-6-8-21-9-7-12)15(18(24)19(22)25)17(23)13-2-4-14(20)5-3-13/h2-9,16,23H,10-11H2,1H3/b17-15-. The van der Waals surface area contributed by atoms with Gasteiger partial charge in [0.05, 0.1) is 18.2 Å². The summed E-state index contributed by atoms with van der Waals surface area (Å²) in [4.78, 5) is 30.6. The maximum absolute atomic E-state index is 12.7. The van der Waals surface area contributed by atoms with Crippen LogP contribution in [0.3, 0.4) is 0 Å². The van der Waals surface area contributed by atoms with Crippen molar-refractivity contribution in [1.29, 1.82) is 0 Å². The van der Waals surface area contributed by atoms with Crippen LogP contribution in [0.1, 0.15) is 17.2 Å². The number of Topliss-reactive ketones (excluding diaryl/α,β-unsaturated/α-hetero) is 1. The monoisotopic (exact) mass is 416 g/mol. The molecule has 3 rings (SSSR count). The fourth-order valence-electron chi connectivity index (χ4n) is 2.96. The summed E-state index contributed by atoms with van der Waals surface area (Å²) in [6, 6.07) is 9.67. The van der Waals surface area contributed by atoms with Gasteiger partial charge in [0.25, 0.3) is 11.7 Å². The Hall–Kier alpha value is -2.51. The summed E-state index contributed by atoms with van der Waals surface area (Å²) < 4.78 is 5.91. The topological polar surface area (TPSA) is 79.7 Å². The van der Waals surface area contributed by atoms with E-state index in [2.05, 4.69) is 20.9 Å². The van der Waals surface area contributed by atoms with Gasteiger partial charge in [0.2, 0.25) is 0 Å². The second kappa shape index (κ2) is 7.80. The van der Waals surface area contributed by atoms with Crippen molar-refractivity contribution in [3.05, 3.63) is 70.0 Å². The van der Waals surface area contributed by atoms with Crippen LogP contribution in [0.2, 0.25) is 0 Å².